The largest absolute Gasteiger partial charge is 0.372 e. The zero-order valence-corrected chi connectivity index (χ0v) is 19.1. The molecule has 1 amide bonds. The fraction of sp³-hybridized carbons (Fsp3) is 0.417. The number of thiocarbonyl (C=S) groups is 1. The van der Waals surface area contributed by atoms with Gasteiger partial charge in [0, 0.05) is 44.1 Å². The molecule has 1 fully saturated rings. The van der Waals surface area contributed by atoms with E-state index in [1.807, 2.05) is 12.1 Å². The van der Waals surface area contributed by atoms with E-state index in [0.717, 1.165) is 24.7 Å². The quantitative estimate of drug-likeness (QED) is 0.683. The number of piperidine rings is 1. The average molecular weight is 425 g/mol. The van der Waals surface area contributed by atoms with Gasteiger partial charge >= 0.3 is 0 Å². The van der Waals surface area contributed by atoms with Crippen molar-refractivity contribution in [2.75, 3.05) is 37.4 Å². The third-order valence-corrected chi connectivity index (χ3v) is 5.91. The van der Waals surface area contributed by atoms with Crippen LogP contribution in [0.5, 0.6) is 0 Å². The van der Waals surface area contributed by atoms with Crippen molar-refractivity contribution < 1.29 is 4.79 Å². The molecule has 30 heavy (non-hydrogen) atoms. The van der Waals surface area contributed by atoms with Gasteiger partial charge in [0.2, 0.25) is 0 Å². The predicted molar refractivity (Wildman–Crippen MR) is 129 cm³/mol. The Morgan fingerprint density at radius 3 is 2.23 bits per heavy atom. The molecule has 0 radical (unpaired) electrons. The van der Waals surface area contributed by atoms with Gasteiger partial charge < -0.3 is 20.4 Å². The minimum absolute atomic E-state index is 0.0154. The number of rotatable bonds is 5. The number of amides is 1. The van der Waals surface area contributed by atoms with Crippen molar-refractivity contribution in [3.63, 3.8) is 0 Å². The highest BCUT2D eigenvalue weighted by Crippen LogP contribution is 2.24. The van der Waals surface area contributed by atoms with E-state index < -0.39 is 0 Å². The maximum Gasteiger partial charge on any atom is 0.253 e. The zero-order chi connectivity index (χ0) is 21.7. The minimum Gasteiger partial charge on any atom is -0.372 e. The molecule has 0 aromatic heterocycles. The number of carbonyl (C=O) groups is 1. The molecule has 1 aliphatic rings. The summed E-state index contributed by atoms with van der Waals surface area (Å²) in [5.41, 5.74) is 4.00. The molecule has 1 heterocycles. The number of hydrogen-bond donors (Lipinski definition) is 2. The molecule has 6 heteroatoms. The summed E-state index contributed by atoms with van der Waals surface area (Å²) in [7, 11) is 3.49. The van der Waals surface area contributed by atoms with Crippen LogP contribution in [0.15, 0.2) is 48.5 Å². The molecule has 1 atom stereocenters. The van der Waals surface area contributed by atoms with Gasteiger partial charge in [0.25, 0.3) is 5.91 Å². The predicted octanol–water partition coefficient (Wildman–Crippen LogP) is 4.67. The van der Waals surface area contributed by atoms with E-state index in [-0.39, 0.29) is 11.9 Å². The Morgan fingerprint density at radius 1 is 1.07 bits per heavy atom. The van der Waals surface area contributed by atoms with Gasteiger partial charge in [0.15, 0.2) is 5.11 Å². The van der Waals surface area contributed by atoms with Crippen LogP contribution in [-0.4, -0.2) is 43.1 Å². The third kappa shape index (κ3) is 5.72. The summed E-state index contributed by atoms with van der Waals surface area (Å²) in [5, 5.41) is 7.09. The van der Waals surface area contributed by atoms with Gasteiger partial charge in [0.05, 0.1) is 6.04 Å². The van der Waals surface area contributed by atoms with Crippen LogP contribution in [0.2, 0.25) is 0 Å². The van der Waals surface area contributed by atoms with Gasteiger partial charge in [-0.15, -0.1) is 0 Å². The van der Waals surface area contributed by atoms with Crippen LogP contribution in [0.25, 0.3) is 0 Å². The smallest absolute Gasteiger partial charge is 0.253 e. The van der Waals surface area contributed by atoms with Gasteiger partial charge in [0.1, 0.15) is 0 Å². The molecule has 0 spiro atoms. The number of nitrogens with zero attached hydrogens (tertiary/aromatic N) is 2. The van der Waals surface area contributed by atoms with E-state index in [1.54, 1.807) is 31.1 Å². The second-order valence-corrected chi connectivity index (χ2v) is 8.77. The molecule has 2 aromatic rings. The first-order chi connectivity index (χ1) is 14.3. The molecule has 3 rings (SSSR count). The topological polar surface area (TPSA) is 47.6 Å². The van der Waals surface area contributed by atoms with Crippen molar-refractivity contribution in [2.45, 2.75) is 32.7 Å². The number of anilines is 2. The average Bonchev–Trinajstić information content (AvgIpc) is 2.74. The summed E-state index contributed by atoms with van der Waals surface area (Å²) in [5.74, 6) is 0.821. The summed E-state index contributed by atoms with van der Waals surface area (Å²) >= 11 is 5.47. The normalized spacial score (nSPS) is 15.4. The van der Waals surface area contributed by atoms with Crippen LogP contribution in [0, 0.1) is 5.92 Å². The van der Waals surface area contributed by atoms with Crippen LogP contribution in [0.3, 0.4) is 0 Å². The summed E-state index contributed by atoms with van der Waals surface area (Å²) < 4.78 is 0. The van der Waals surface area contributed by atoms with Crippen LogP contribution < -0.4 is 15.5 Å². The lowest BCUT2D eigenvalue weighted by atomic mass is 9.98. The van der Waals surface area contributed by atoms with Crippen molar-refractivity contribution in [1.29, 1.82) is 0 Å². The first kappa shape index (κ1) is 22.1. The van der Waals surface area contributed by atoms with E-state index in [4.69, 9.17) is 12.2 Å². The maximum atomic E-state index is 12.0. The van der Waals surface area contributed by atoms with Crippen molar-refractivity contribution in [2.24, 2.45) is 5.92 Å². The Morgan fingerprint density at radius 2 is 1.67 bits per heavy atom. The molecule has 0 unspecified atom stereocenters. The summed E-state index contributed by atoms with van der Waals surface area (Å²) in [6.45, 7) is 6.72. The molecule has 2 aromatic carbocycles. The maximum absolute atomic E-state index is 12.0. The Balaban J connectivity index is 1.53. The van der Waals surface area contributed by atoms with Gasteiger partial charge in [-0.2, -0.15) is 0 Å². The Kier molecular flexibility index (Phi) is 7.32. The third-order valence-electron chi connectivity index (χ3n) is 5.69. The molecular formula is C24H32N4OS. The molecule has 0 saturated carbocycles. The number of nitrogens with one attached hydrogen (secondary N) is 2. The van der Waals surface area contributed by atoms with Crippen molar-refractivity contribution >= 4 is 34.6 Å². The Bertz CT molecular complexity index is 856. The summed E-state index contributed by atoms with van der Waals surface area (Å²) in [6.07, 6.45) is 2.54. The molecule has 1 aliphatic heterocycles. The van der Waals surface area contributed by atoms with Crippen molar-refractivity contribution in [1.82, 2.24) is 10.2 Å². The molecular weight excluding hydrogens is 392 g/mol. The molecule has 160 valence electrons. The first-order valence-electron chi connectivity index (χ1n) is 10.6. The van der Waals surface area contributed by atoms with Gasteiger partial charge in [-0.25, -0.2) is 0 Å². The zero-order valence-electron chi connectivity index (χ0n) is 18.3. The van der Waals surface area contributed by atoms with Gasteiger partial charge in [-0.3, -0.25) is 4.79 Å². The highest BCUT2D eigenvalue weighted by atomic mass is 32.1. The monoisotopic (exact) mass is 424 g/mol. The first-order valence-corrected chi connectivity index (χ1v) is 11.0. The molecule has 2 N–H and O–H groups in total. The number of hydrogen-bond acceptors (Lipinski definition) is 3. The van der Waals surface area contributed by atoms with Crippen LogP contribution in [-0.2, 0) is 0 Å². The molecule has 5 nitrogen and oxygen atoms in total. The van der Waals surface area contributed by atoms with Crippen LogP contribution >= 0.6 is 12.2 Å². The molecule has 0 aliphatic carbocycles. The molecule has 1 saturated heterocycles. The second-order valence-electron chi connectivity index (χ2n) is 8.36. The van der Waals surface area contributed by atoms with E-state index in [0.29, 0.717) is 10.7 Å². The number of carbonyl (C=O) groups excluding carboxylic acids is 1. The summed E-state index contributed by atoms with van der Waals surface area (Å²) in [4.78, 5) is 16.0. The van der Waals surface area contributed by atoms with E-state index in [2.05, 4.69) is 53.6 Å². The lowest BCUT2D eigenvalue weighted by Crippen LogP contribution is -2.33. The lowest BCUT2D eigenvalue weighted by molar-refractivity contribution is 0.0827. The number of benzene rings is 2. The fourth-order valence-electron chi connectivity index (χ4n) is 3.64. The highest BCUT2D eigenvalue weighted by molar-refractivity contribution is 7.80. The Labute approximate surface area is 185 Å². The molecule has 0 bridgehead atoms. The van der Waals surface area contributed by atoms with E-state index >= 15 is 0 Å². The SMILES string of the molecule is CC1CCN(c2ccc([C@@H](C)NC(=S)Nc3ccc(C(=O)N(C)C)cc3)cc2)CC1. The van der Waals surface area contributed by atoms with Gasteiger partial charge in [-0.1, -0.05) is 19.1 Å². The van der Waals surface area contributed by atoms with Crippen LogP contribution in [0.1, 0.15) is 48.7 Å². The summed E-state index contributed by atoms with van der Waals surface area (Å²) in [6, 6.07) is 16.2. The van der Waals surface area contributed by atoms with Crippen molar-refractivity contribution in [3.05, 3.63) is 59.7 Å². The second kappa shape index (κ2) is 9.94. The highest BCUT2D eigenvalue weighted by Gasteiger charge is 2.16. The lowest BCUT2D eigenvalue weighted by Gasteiger charge is -2.32. The van der Waals surface area contributed by atoms with Crippen LogP contribution in [0.4, 0.5) is 11.4 Å². The van der Waals surface area contributed by atoms with E-state index in [9.17, 15) is 4.79 Å². The minimum atomic E-state index is -0.0154. The van der Waals surface area contributed by atoms with Gasteiger partial charge in [-0.05, 0) is 79.9 Å². The fourth-order valence-corrected chi connectivity index (χ4v) is 3.94. The van der Waals surface area contributed by atoms with E-state index in [1.165, 1.54) is 24.1 Å². The van der Waals surface area contributed by atoms with Crippen molar-refractivity contribution in [3.8, 4) is 0 Å². The standard InChI is InChI=1S/C24H32N4OS/c1-17-13-15-28(16-14-17)22-11-7-19(8-12-22)18(2)25-24(30)26-21-9-5-20(6-10-21)23(29)27(3)4/h5-12,17-18H,13-16H2,1-4H3,(H2,25,26,30)/t18-/m1/s1. The Hall–Kier alpha value is -2.60.